The van der Waals surface area contributed by atoms with Crippen LogP contribution in [0.1, 0.15) is 19.0 Å². The minimum atomic E-state index is -0.204. The highest BCUT2D eigenvalue weighted by atomic mass is 32.2. The zero-order valence-corrected chi connectivity index (χ0v) is 14.8. The molecule has 2 aromatic rings. The van der Waals surface area contributed by atoms with Crippen LogP contribution in [0, 0.1) is 0 Å². The maximum absolute atomic E-state index is 11.9. The van der Waals surface area contributed by atoms with E-state index < -0.39 is 0 Å². The fourth-order valence-corrected chi connectivity index (χ4v) is 3.28. The summed E-state index contributed by atoms with van der Waals surface area (Å²) in [6, 6.07) is 6.92. The van der Waals surface area contributed by atoms with Crippen LogP contribution in [0.3, 0.4) is 0 Å². The van der Waals surface area contributed by atoms with E-state index in [1.165, 1.54) is 0 Å². The third kappa shape index (κ3) is 4.76. The number of benzene rings is 1. The van der Waals surface area contributed by atoms with Gasteiger partial charge in [-0.1, -0.05) is 18.7 Å². The Morgan fingerprint density at radius 2 is 2.08 bits per heavy atom. The molecule has 0 spiro atoms. The van der Waals surface area contributed by atoms with Gasteiger partial charge in [0.2, 0.25) is 5.91 Å². The maximum atomic E-state index is 11.9. The zero-order valence-electron chi connectivity index (χ0n) is 13.9. The van der Waals surface area contributed by atoms with Gasteiger partial charge in [-0.3, -0.25) is 9.59 Å². The smallest absolute Gasteiger partial charge is 0.258 e. The quantitative estimate of drug-likeness (QED) is 0.789. The molecule has 1 aliphatic heterocycles. The Bertz CT molecular complexity index is 736. The van der Waals surface area contributed by atoms with Crippen LogP contribution in [0.15, 0.2) is 35.6 Å². The molecule has 0 saturated carbocycles. The number of amides is 2. The number of thioether (sulfide) groups is 1. The summed E-state index contributed by atoms with van der Waals surface area (Å²) in [5, 5.41) is 6.56. The van der Waals surface area contributed by atoms with Gasteiger partial charge in [-0.15, -0.1) is 0 Å². The number of anilines is 1. The predicted molar refractivity (Wildman–Crippen MR) is 95.7 cm³/mol. The Morgan fingerprint density at radius 3 is 2.80 bits per heavy atom. The molecule has 0 unspecified atom stereocenters. The third-order valence-corrected chi connectivity index (χ3v) is 4.62. The molecule has 0 radical (unpaired) electrons. The summed E-state index contributed by atoms with van der Waals surface area (Å²) in [4.78, 5) is 27.7. The first-order valence-corrected chi connectivity index (χ1v) is 9.11. The van der Waals surface area contributed by atoms with Gasteiger partial charge in [-0.2, -0.15) is 0 Å². The fourth-order valence-electron chi connectivity index (χ4n) is 2.32. The molecule has 0 saturated heterocycles. The van der Waals surface area contributed by atoms with Crippen molar-refractivity contribution in [1.29, 1.82) is 0 Å². The van der Waals surface area contributed by atoms with E-state index in [-0.39, 0.29) is 18.4 Å². The van der Waals surface area contributed by atoms with Crippen molar-refractivity contribution < 1.29 is 14.3 Å². The van der Waals surface area contributed by atoms with Crippen LogP contribution in [0.25, 0.3) is 0 Å². The number of imidazole rings is 1. The molecule has 25 heavy (non-hydrogen) atoms. The molecule has 1 aromatic carbocycles. The summed E-state index contributed by atoms with van der Waals surface area (Å²) >= 11 is 1.72. The molecule has 1 aromatic heterocycles. The molecule has 0 bridgehead atoms. The topological polar surface area (TPSA) is 85.2 Å². The van der Waals surface area contributed by atoms with E-state index in [9.17, 15) is 9.59 Å². The van der Waals surface area contributed by atoms with Crippen LogP contribution in [0.4, 0.5) is 5.69 Å². The SMILES string of the molecule is CCC(=O)Nc1ccc(OCC(=O)NCc2cn3c(n2)SCC3)cc1. The van der Waals surface area contributed by atoms with Gasteiger partial charge in [0.1, 0.15) is 5.75 Å². The van der Waals surface area contributed by atoms with Gasteiger partial charge in [-0.05, 0) is 24.3 Å². The lowest BCUT2D eigenvalue weighted by Gasteiger charge is -2.08. The Kier molecular flexibility index (Phi) is 5.60. The standard InChI is InChI=1S/C17H20N4O3S/c1-2-15(22)19-12-3-5-14(6-4-12)24-11-16(23)18-9-13-10-21-7-8-25-17(21)20-13/h3-6,10H,2,7-9,11H2,1H3,(H,18,23)(H,19,22). The number of nitrogens with one attached hydrogen (secondary N) is 2. The van der Waals surface area contributed by atoms with Crippen LogP contribution in [-0.4, -0.2) is 33.7 Å². The summed E-state index contributed by atoms with van der Waals surface area (Å²) in [7, 11) is 0. The molecule has 7 nitrogen and oxygen atoms in total. The molecule has 0 aliphatic carbocycles. The van der Waals surface area contributed by atoms with E-state index in [4.69, 9.17) is 4.74 Å². The van der Waals surface area contributed by atoms with Crippen molar-refractivity contribution in [1.82, 2.24) is 14.9 Å². The van der Waals surface area contributed by atoms with Crippen molar-refractivity contribution in [2.45, 2.75) is 31.6 Å². The molecule has 3 rings (SSSR count). The lowest BCUT2D eigenvalue weighted by Crippen LogP contribution is -2.28. The van der Waals surface area contributed by atoms with Crippen molar-refractivity contribution in [3.05, 3.63) is 36.2 Å². The first kappa shape index (κ1) is 17.3. The number of ether oxygens (including phenoxy) is 1. The molecular weight excluding hydrogens is 340 g/mol. The van der Waals surface area contributed by atoms with Crippen molar-refractivity contribution in [3.63, 3.8) is 0 Å². The molecule has 0 atom stereocenters. The van der Waals surface area contributed by atoms with Gasteiger partial charge in [0.25, 0.3) is 5.91 Å². The molecule has 2 heterocycles. The Morgan fingerprint density at radius 1 is 1.28 bits per heavy atom. The number of hydrogen-bond donors (Lipinski definition) is 2. The molecular formula is C17H20N4O3S. The van der Waals surface area contributed by atoms with E-state index >= 15 is 0 Å². The first-order chi connectivity index (χ1) is 12.1. The van der Waals surface area contributed by atoms with Gasteiger partial charge in [0.05, 0.1) is 12.2 Å². The zero-order chi connectivity index (χ0) is 17.6. The molecule has 1 aliphatic rings. The van der Waals surface area contributed by atoms with Crippen LogP contribution in [-0.2, 0) is 22.7 Å². The average Bonchev–Trinajstić information content (AvgIpc) is 3.20. The van der Waals surface area contributed by atoms with E-state index in [1.807, 2.05) is 6.20 Å². The van der Waals surface area contributed by atoms with Crippen LogP contribution in [0.2, 0.25) is 0 Å². The van der Waals surface area contributed by atoms with E-state index in [2.05, 4.69) is 20.2 Å². The molecule has 8 heteroatoms. The Balaban J connectivity index is 1.41. The van der Waals surface area contributed by atoms with E-state index in [1.54, 1.807) is 43.0 Å². The summed E-state index contributed by atoms with van der Waals surface area (Å²) in [6.07, 6.45) is 2.40. The summed E-state index contributed by atoms with van der Waals surface area (Å²) in [6.45, 7) is 3.09. The summed E-state index contributed by atoms with van der Waals surface area (Å²) in [5.74, 6) is 1.38. The van der Waals surface area contributed by atoms with Gasteiger partial charge in [-0.25, -0.2) is 4.98 Å². The number of carbonyl (C=O) groups excluding carboxylic acids is 2. The third-order valence-electron chi connectivity index (χ3n) is 3.65. The van der Waals surface area contributed by atoms with Gasteiger partial charge in [0.15, 0.2) is 11.8 Å². The lowest BCUT2D eigenvalue weighted by molar-refractivity contribution is -0.123. The number of fused-ring (bicyclic) bond motifs is 1. The van der Waals surface area contributed by atoms with Gasteiger partial charge in [0, 0.05) is 30.6 Å². The normalized spacial score (nSPS) is 12.5. The van der Waals surface area contributed by atoms with Crippen LogP contribution < -0.4 is 15.4 Å². The second kappa shape index (κ2) is 8.06. The summed E-state index contributed by atoms with van der Waals surface area (Å²) < 4.78 is 7.55. The molecule has 2 N–H and O–H groups in total. The van der Waals surface area contributed by atoms with Gasteiger partial charge < -0.3 is 19.9 Å². The number of hydrogen-bond acceptors (Lipinski definition) is 5. The minimum absolute atomic E-state index is 0.0447. The highest BCUT2D eigenvalue weighted by Crippen LogP contribution is 2.24. The largest absolute Gasteiger partial charge is 0.484 e. The number of aryl methyl sites for hydroxylation is 1. The van der Waals surface area contributed by atoms with Crippen LogP contribution in [0.5, 0.6) is 5.75 Å². The van der Waals surface area contributed by atoms with Crippen molar-refractivity contribution in [2.75, 3.05) is 17.7 Å². The number of nitrogens with zero attached hydrogens (tertiary/aromatic N) is 2. The minimum Gasteiger partial charge on any atom is -0.484 e. The summed E-state index contributed by atoms with van der Waals surface area (Å²) in [5.41, 5.74) is 1.56. The van der Waals surface area contributed by atoms with Crippen LogP contribution >= 0.6 is 11.8 Å². The van der Waals surface area contributed by atoms with Crippen molar-refractivity contribution in [2.24, 2.45) is 0 Å². The second-order valence-corrected chi connectivity index (χ2v) is 6.61. The Labute approximate surface area is 150 Å². The molecule has 132 valence electrons. The number of carbonyl (C=O) groups is 2. The highest BCUT2D eigenvalue weighted by Gasteiger charge is 2.14. The molecule has 0 fully saturated rings. The second-order valence-electron chi connectivity index (χ2n) is 5.55. The number of rotatable bonds is 7. The Hall–Kier alpha value is -2.48. The first-order valence-electron chi connectivity index (χ1n) is 8.12. The predicted octanol–water partition coefficient (Wildman–Crippen LogP) is 2.03. The highest BCUT2D eigenvalue weighted by molar-refractivity contribution is 7.99. The fraction of sp³-hybridized carbons (Fsp3) is 0.353. The van der Waals surface area contributed by atoms with Gasteiger partial charge >= 0.3 is 0 Å². The monoisotopic (exact) mass is 360 g/mol. The van der Waals surface area contributed by atoms with E-state index in [0.717, 1.165) is 23.1 Å². The van der Waals surface area contributed by atoms with Crippen molar-refractivity contribution in [3.8, 4) is 5.75 Å². The lowest BCUT2D eigenvalue weighted by atomic mass is 10.3. The van der Waals surface area contributed by atoms with Crippen molar-refractivity contribution >= 4 is 29.3 Å². The maximum Gasteiger partial charge on any atom is 0.258 e. The van der Waals surface area contributed by atoms with E-state index in [0.29, 0.717) is 24.4 Å². The number of aromatic nitrogens is 2. The molecule has 2 amide bonds. The average molecular weight is 360 g/mol.